The summed E-state index contributed by atoms with van der Waals surface area (Å²) < 4.78 is 5.44. The average Bonchev–Trinajstić information content (AvgIpc) is 3.00. The number of nitriles is 1. The number of hydrogen-bond acceptors (Lipinski definition) is 5. The molecular weight excluding hydrogens is 250 g/mol. The summed E-state index contributed by atoms with van der Waals surface area (Å²) >= 11 is 1.35. The highest BCUT2D eigenvalue weighted by molar-refractivity contribution is 7.14. The van der Waals surface area contributed by atoms with Crippen LogP contribution in [0.15, 0.2) is 11.4 Å². The largest absolute Gasteiger partial charge is 0.377 e. The van der Waals surface area contributed by atoms with Crippen LogP contribution in [-0.4, -0.2) is 31.7 Å². The van der Waals surface area contributed by atoms with Gasteiger partial charge in [0, 0.05) is 13.2 Å². The Morgan fingerprint density at radius 2 is 2.56 bits per heavy atom. The van der Waals surface area contributed by atoms with Crippen molar-refractivity contribution in [2.45, 2.75) is 18.9 Å². The Balaban J connectivity index is 1.70. The third-order valence-corrected chi connectivity index (χ3v) is 3.55. The molecule has 2 N–H and O–H groups in total. The first-order valence-electron chi connectivity index (χ1n) is 5.89. The summed E-state index contributed by atoms with van der Waals surface area (Å²) in [5.41, 5.74) is 0.507. The second kappa shape index (κ2) is 6.50. The minimum absolute atomic E-state index is 0.132. The lowest BCUT2D eigenvalue weighted by Gasteiger charge is -2.10. The highest BCUT2D eigenvalue weighted by atomic mass is 32.1. The van der Waals surface area contributed by atoms with Crippen LogP contribution in [0.2, 0.25) is 0 Å². The molecule has 0 bridgehead atoms. The number of carbonyl (C=O) groups is 1. The van der Waals surface area contributed by atoms with Crippen molar-refractivity contribution in [2.24, 2.45) is 0 Å². The van der Waals surface area contributed by atoms with Crippen LogP contribution >= 0.6 is 11.3 Å². The molecule has 18 heavy (non-hydrogen) atoms. The minimum Gasteiger partial charge on any atom is -0.377 e. The lowest BCUT2D eigenvalue weighted by molar-refractivity contribution is -0.115. The van der Waals surface area contributed by atoms with Crippen molar-refractivity contribution in [3.63, 3.8) is 0 Å². The molecule has 96 valence electrons. The van der Waals surface area contributed by atoms with E-state index in [1.165, 1.54) is 11.3 Å². The van der Waals surface area contributed by atoms with Crippen molar-refractivity contribution in [1.82, 2.24) is 5.32 Å². The first kappa shape index (κ1) is 13.0. The Bertz CT molecular complexity index is 446. The molecule has 0 radical (unpaired) electrons. The van der Waals surface area contributed by atoms with Crippen LogP contribution < -0.4 is 10.6 Å². The fraction of sp³-hybridized carbons (Fsp3) is 0.500. The number of rotatable bonds is 5. The molecule has 0 saturated carbocycles. The van der Waals surface area contributed by atoms with Gasteiger partial charge in [-0.05, 0) is 24.3 Å². The molecule has 1 aliphatic heterocycles. The number of ether oxygens (including phenoxy) is 1. The highest BCUT2D eigenvalue weighted by Gasteiger charge is 2.15. The monoisotopic (exact) mass is 265 g/mol. The van der Waals surface area contributed by atoms with Crippen LogP contribution in [0.4, 0.5) is 5.00 Å². The van der Waals surface area contributed by atoms with E-state index in [9.17, 15) is 4.79 Å². The lowest BCUT2D eigenvalue weighted by atomic mass is 10.2. The van der Waals surface area contributed by atoms with E-state index in [2.05, 4.69) is 10.6 Å². The number of anilines is 1. The molecule has 1 atom stereocenters. The van der Waals surface area contributed by atoms with Gasteiger partial charge in [0.15, 0.2) is 0 Å². The molecule has 1 aliphatic rings. The van der Waals surface area contributed by atoms with E-state index in [1.54, 1.807) is 11.4 Å². The molecule has 1 unspecified atom stereocenters. The Hall–Kier alpha value is -1.42. The molecule has 1 amide bonds. The van der Waals surface area contributed by atoms with Crippen LogP contribution in [0.3, 0.4) is 0 Å². The van der Waals surface area contributed by atoms with Crippen molar-refractivity contribution in [2.75, 3.05) is 25.0 Å². The molecule has 0 aliphatic carbocycles. The van der Waals surface area contributed by atoms with E-state index < -0.39 is 0 Å². The lowest BCUT2D eigenvalue weighted by Crippen LogP contribution is -2.33. The highest BCUT2D eigenvalue weighted by Crippen LogP contribution is 2.21. The van der Waals surface area contributed by atoms with Gasteiger partial charge in [-0.1, -0.05) is 0 Å². The van der Waals surface area contributed by atoms with Crippen molar-refractivity contribution < 1.29 is 9.53 Å². The molecule has 2 rings (SSSR count). The van der Waals surface area contributed by atoms with Crippen LogP contribution in [0.25, 0.3) is 0 Å². The summed E-state index contributed by atoms with van der Waals surface area (Å²) in [5, 5.41) is 17.0. The normalized spacial score (nSPS) is 18.5. The fourth-order valence-electron chi connectivity index (χ4n) is 1.82. The van der Waals surface area contributed by atoms with Crippen molar-refractivity contribution >= 4 is 22.2 Å². The second-order valence-electron chi connectivity index (χ2n) is 4.09. The molecule has 0 aromatic carbocycles. The standard InChI is InChI=1S/C12H15N3O2S/c13-6-9-3-5-18-12(9)15-11(16)8-14-7-10-2-1-4-17-10/h3,5,10,14H,1-2,4,7-8H2,(H,15,16). The topological polar surface area (TPSA) is 74.2 Å². The fourth-order valence-corrected chi connectivity index (χ4v) is 2.57. The molecule has 6 heteroatoms. The molecule has 0 spiro atoms. The maximum atomic E-state index is 11.6. The van der Waals surface area contributed by atoms with Crippen molar-refractivity contribution in [3.8, 4) is 6.07 Å². The molecular formula is C12H15N3O2S. The van der Waals surface area contributed by atoms with Crippen molar-refractivity contribution in [1.29, 1.82) is 5.26 Å². The van der Waals surface area contributed by atoms with Crippen LogP contribution in [-0.2, 0) is 9.53 Å². The molecule has 1 aromatic heterocycles. The predicted molar refractivity (Wildman–Crippen MR) is 69.5 cm³/mol. The van der Waals surface area contributed by atoms with E-state index in [4.69, 9.17) is 10.00 Å². The van der Waals surface area contributed by atoms with Crippen LogP contribution in [0.5, 0.6) is 0 Å². The van der Waals surface area contributed by atoms with E-state index in [0.717, 1.165) is 19.4 Å². The number of thiophene rings is 1. The van der Waals surface area contributed by atoms with E-state index in [1.807, 2.05) is 6.07 Å². The summed E-state index contributed by atoms with van der Waals surface area (Å²) in [5.74, 6) is -0.132. The average molecular weight is 265 g/mol. The predicted octanol–water partition coefficient (Wildman–Crippen LogP) is 1.33. The number of carbonyl (C=O) groups excluding carboxylic acids is 1. The number of nitrogens with one attached hydrogen (secondary N) is 2. The van der Waals surface area contributed by atoms with Crippen LogP contribution in [0, 0.1) is 11.3 Å². The van der Waals surface area contributed by atoms with E-state index in [0.29, 0.717) is 17.1 Å². The number of amides is 1. The summed E-state index contributed by atoms with van der Waals surface area (Å²) in [4.78, 5) is 11.6. The van der Waals surface area contributed by atoms with Crippen molar-refractivity contribution in [3.05, 3.63) is 17.0 Å². The smallest absolute Gasteiger partial charge is 0.238 e. The third-order valence-electron chi connectivity index (χ3n) is 2.72. The number of hydrogen-bond donors (Lipinski definition) is 2. The van der Waals surface area contributed by atoms with Gasteiger partial charge in [-0.3, -0.25) is 4.79 Å². The van der Waals surface area contributed by atoms with Gasteiger partial charge >= 0.3 is 0 Å². The van der Waals surface area contributed by atoms with E-state index >= 15 is 0 Å². The zero-order chi connectivity index (χ0) is 12.8. The molecule has 5 nitrogen and oxygen atoms in total. The second-order valence-corrected chi connectivity index (χ2v) is 5.01. The minimum atomic E-state index is -0.132. The van der Waals surface area contributed by atoms with Crippen LogP contribution in [0.1, 0.15) is 18.4 Å². The quantitative estimate of drug-likeness (QED) is 0.842. The Morgan fingerprint density at radius 1 is 1.67 bits per heavy atom. The summed E-state index contributed by atoms with van der Waals surface area (Å²) in [6.45, 7) is 1.75. The molecule has 1 fully saturated rings. The van der Waals surface area contributed by atoms with Gasteiger partial charge in [-0.15, -0.1) is 11.3 Å². The molecule has 1 saturated heterocycles. The molecule has 1 aromatic rings. The number of nitrogens with zero attached hydrogens (tertiary/aromatic N) is 1. The van der Waals surface area contributed by atoms with Gasteiger partial charge in [0.25, 0.3) is 0 Å². The van der Waals surface area contributed by atoms with Gasteiger partial charge in [-0.25, -0.2) is 0 Å². The summed E-state index contributed by atoms with van der Waals surface area (Å²) in [7, 11) is 0. The molecule has 2 heterocycles. The summed E-state index contributed by atoms with van der Waals surface area (Å²) in [6, 6.07) is 3.73. The van der Waals surface area contributed by atoms with Gasteiger partial charge in [0.2, 0.25) is 5.91 Å². The van der Waals surface area contributed by atoms with E-state index in [-0.39, 0.29) is 18.6 Å². The first-order valence-corrected chi connectivity index (χ1v) is 6.77. The first-order chi connectivity index (χ1) is 8.79. The summed E-state index contributed by atoms with van der Waals surface area (Å²) in [6.07, 6.45) is 2.38. The Kier molecular flexibility index (Phi) is 4.70. The SMILES string of the molecule is N#Cc1ccsc1NC(=O)CNCC1CCCO1. The zero-order valence-corrected chi connectivity index (χ0v) is 10.8. The van der Waals surface area contributed by atoms with Gasteiger partial charge < -0.3 is 15.4 Å². The Morgan fingerprint density at radius 3 is 3.28 bits per heavy atom. The maximum Gasteiger partial charge on any atom is 0.238 e. The van der Waals surface area contributed by atoms with Gasteiger partial charge in [0.05, 0.1) is 18.2 Å². The zero-order valence-electron chi connectivity index (χ0n) is 9.94. The maximum absolute atomic E-state index is 11.6. The third kappa shape index (κ3) is 3.53. The van der Waals surface area contributed by atoms with Gasteiger partial charge in [0.1, 0.15) is 11.1 Å². The van der Waals surface area contributed by atoms with Gasteiger partial charge in [-0.2, -0.15) is 5.26 Å². The Labute approximate surface area is 110 Å².